The van der Waals surface area contributed by atoms with E-state index in [1.165, 1.54) is 0 Å². The zero-order valence-electron chi connectivity index (χ0n) is 8.04. The molecule has 70 valence electrons. The maximum absolute atomic E-state index is 9.83. The van der Waals surface area contributed by atoms with Crippen molar-refractivity contribution in [3.05, 3.63) is 0 Å². The second-order valence-corrected chi connectivity index (χ2v) is 5.37. The predicted octanol–water partition coefficient (Wildman–Crippen LogP) is 1.16. The Morgan fingerprint density at radius 2 is 1.83 bits per heavy atom. The topological polar surface area (TPSA) is 40.5 Å². The summed E-state index contributed by atoms with van der Waals surface area (Å²) in [5.41, 5.74) is -0.579. The Morgan fingerprint density at radius 1 is 1.25 bits per heavy atom. The summed E-state index contributed by atoms with van der Waals surface area (Å²) in [5.74, 6) is 0.923. The minimum atomic E-state index is -0.830. The quantitative estimate of drug-likeness (QED) is 0.573. The van der Waals surface area contributed by atoms with Gasteiger partial charge < -0.3 is 10.2 Å². The van der Waals surface area contributed by atoms with Gasteiger partial charge in [-0.05, 0) is 37.0 Å². The van der Waals surface area contributed by atoms with Crippen molar-refractivity contribution in [1.29, 1.82) is 0 Å². The molecule has 3 aliphatic rings. The molecule has 0 spiro atoms. The third-order valence-electron chi connectivity index (χ3n) is 4.22. The second-order valence-electron chi connectivity index (χ2n) is 5.37. The smallest absolute Gasteiger partial charge is 0.0883 e. The molecule has 0 aromatic carbocycles. The first-order valence-corrected chi connectivity index (χ1v) is 4.76. The molecule has 3 unspecified atom stereocenters. The standard InChI is InChI=1S/C10H18O2/c1-9(2)6-4-7(9)8(11)10(3,12)5-6/h6-8,11-12H,4-5H2,1-3H3/t6?,7?,8?,10-/m0/s1. The largest absolute Gasteiger partial charge is 0.390 e. The lowest BCUT2D eigenvalue weighted by Crippen LogP contribution is -2.64. The minimum absolute atomic E-state index is 0.252. The average Bonchev–Trinajstić information content (AvgIpc) is 1.93. The van der Waals surface area contributed by atoms with Crippen LogP contribution in [0.2, 0.25) is 0 Å². The molecule has 0 heterocycles. The van der Waals surface area contributed by atoms with E-state index in [4.69, 9.17) is 0 Å². The molecular formula is C10H18O2. The van der Waals surface area contributed by atoms with Gasteiger partial charge in [0.05, 0.1) is 11.7 Å². The molecule has 2 heteroatoms. The highest BCUT2D eigenvalue weighted by atomic mass is 16.3. The van der Waals surface area contributed by atoms with Crippen LogP contribution in [0.25, 0.3) is 0 Å². The maximum Gasteiger partial charge on any atom is 0.0883 e. The number of rotatable bonds is 0. The third kappa shape index (κ3) is 0.826. The summed E-state index contributed by atoms with van der Waals surface area (Å²) in [4.78, 5) is 0. The second kappa shape index (κ2) is 2.05. The predicted molar refractivity (Wildman–Crippen MR) is 46.6 cm³/mol. The van der Waals surface area contributed by atoms with Gasteiger partial charge in [0.2, 0.25) is 0 Å². The fourth-order valence-corrected chi connectivity index (χ4v) is 2.99. The molecule has 2 N–H and O–H groups in total. The highest BCUT2D eigenvalue weighted by Gasteiger charge is 2.61. The molecule has 4 atom stereocenters. The van der Waals surface area contributed by atoms with Crippen LogP contribution >= 0.6 is 0 Å². The van der Waals surface area contributed by atoms with Gasteiger partial charge in [-0.1, -0.05) is 13.8 Å². The zero-order chi connectivity index (χ0) is 9.15. The van der Waals surface area contributed by atoms with E-state index in [9.17, 15) is 10.2 Å². The van der Waals surface area contributed by atoms with Crippen molar-refractivity contribution in [2.75, 3.05) is 0 Å². The molecule has 0 amide bonds. The van der Waals surface area contributed by atoms with Crippen LogP contribution < -0.4 is 0 Å². The van der Waals surface area contributed by atoms with Gasteiger partial charge in [-0.2, -0.15) is 0 Å². The minimum Gasteiger partial charge on any atom is -0.390 e. The summed E-state index contributed by atoms with van der Waals surface area (Å²) in [6, 6.07) is 0. The Morgan fingerprint density at radius 3 is 2.17 bits per heavy atom. The van der Waals surface area contributed by atoms with E-state index in [0.29, 0.717) is 11.8 Å². The van der Waals surface area contributed by atoms with Crippen molar-refractivity contribution >= 4 is 0 Å². The molecule has 12 heavy (non-hydrogen) atoms. The summed E-state index contributed by atoms with van der Waals surface area (Å²) in [6.45, 7) is 6.15. The average molecular weight is 170 g/mol. The van der Waals surface area contributed by atoms with Gasteiger partial charge in [-0.3, -0.25) is 0 Å². The van der Waals surface area contributed by atoms with Gasteiger partial charge in [0.15, 0.2) is 0 Å². The van der Waals surface area contributed by atoms with Crippen LogP contribution in [0.4, 0.5) is 0 Å². The molecule has 0 aromatic heterocycles. The molecular weight excluding hydrogens is 152 g/mol. The van der Waals surface area contributed by atoms with Gasteiger partial charge in [0.25, 0.3) is 0 Å². The molecule has 3 fully saturated rings. The van der Waals surface area contributed by atoms with Crippen LogP contribution in [-0.2, 0) is 0 Å². The van der Waals surface area contributed by atoms with E-state index in [1.54, 1.807) is 6.92 Å². The van der Waals surface area contributed by atoms with Crippen molar-refractivity contribution in [2.45, 2.75) is 45.3 Å². The van der Waals surface area contributed by atoms with Crippen LogP contribution in [0.5, 0.6) is 0 Å². The van der Waals surface area contributed by atoms with E-state index < -0.39 is 11.7 Å². The Labute approximate surface area is 73.6 Å². The molecule has 3 saturated carbocycles. The van der Waals surface area contributed by atoms with Crippen LogP contribution in [0.15, 0.2) is 0 Å². The van der Waals surface area contributed by atoms with E-state index in [1.807, 2.05) is 0 Å². The van der Waals surface area contributed by atoms with Crippen molar-refractivity contribution in [3.63, 3.8) is 0 Å². The molecule has 0 aliphatic heterocycles. The monoisotopic (exact) mass is 170 g/mol. The summed E-state index contributed by atoms with van der Waals surface area (Å²) < 4.78 is 0. The SMILES string of the molecule is CC1(C)C2CC1C(O)[C@@](C)(O)C2. The summed E-state index contributed by atoms with van der Waals surface area (Å²) >= 11 is 0. The highest BCUT2D eigenvalue weighted by molar-refractivity contribution is 5.10. The van der Waals surface area contributed by atoms with E-state index >= 15 is 0 Å². The van der Waals surface area contributed by atoms with E-state index in [-0.39, 0.29) is 5.41 Å². The van der Waals surface area contributed by atoms with Crippen molar-refractivity contribution in [3.8, 4) is 0 Å². The summed E-state index contributed by atoms with van der Waals surface area (Å²) in [7, 11) is 0. The number of aliphatic hydroxyl groups is 2. The normalized spacial score (nSPS) is 56.2. The van der Waals surface area contributed by atoms with E-state index in [0.717, 1.165) is 12.8 Å². The van der Waals surface area contributed by atoms with E-state index in [2.05, 4.69) is 13.8 Å². The number of fused-ring (bicyclic) bond motifs is 2. The van der Waals surface area contributed by atoms with Gasteiger partial charge in [-0.15, -0.1) is 0 Å². The highest BCUT2D eigenvalue weighted by Crippen LogP contribution is 2.61. The molecule has 2 bridgehead atoms. The Bertz CT molecular complexity index is 200. The Hall–Kier alpha value is -0.0800. The third-order valence-corrected chi connectivity index (χ3v) is 4.22. The first-order chi connectivity index (χ1) is 5.36. The number of aliphatic hydroxyl groups excluding tert-OH is 1. The molecule has 0 saturated heterocycles. The van der Waals surface area contributed by atoms with Crippen LogP contribution in [0.3, 0.4) is 0 Å². The Balaban J connectivity index is 2.23. The van der Waals surface area contributed by atoms with Crippen molar-refractivity contribution in [1.82, 2.24) is 0 Å². The lowest BCUT2D eigenvalue weighted by Gasteiger charge is -2.63. The fraction of sp³-hybridized carbons (Fsp3) is 1.00. The van der Waals surface area contributed by atoms with Gasteiger partial charge in [0, 0.05) is 0 Å². The maximum atomic E-state index is 9.83. The first kappa shape index (κ1) is 8.52. The molecule has 0 radical (unpaired) electrons. The molecule has 3 aliphatic carbocycles. The zero-order valence-corrected chi connectivity index (χ0v) is 8.04. The van der Waals surface area contributed by atoms with Gasteiger partial charge in [0.1, 0.15) is 0 Å². The first-order valence-electron chi connectivity index (χ1n) is 4.76. The van der Waals surface area contributed by atoms with Crippen molar-refractivity contribution in [2.24, 2.45) is 17.3 Å². The summed E-state index contributed by atoms with van der Waals surface area (Å²) in [5, 5.41) is 19.7. The number of hydrogen-bond donors (Lipinski definition) is 2. The fourth-order valence-electron chi connectivity index (χ4n) is 2.99. The lowest BCUT2D eigenvalue weighted by atomic mass is 9.45. The van der Waals surface area contributed by atoms with Gasteiger partial charge >= 0.3 is 0 Å². The molecule has 3 rings (SSSR count). The molecule has 0 aromatic rings. The van der Waals surface area contributed by atoms with Crippen LogP contribution in [0, 0.1) is 17.3 Å². The Kier molecular flexibility index (Phi) is 1.45. The van der Waals surface area contributed by atoms with Gasteiger partial charge in [-0.25, -0.2) is 0 Å². The van der Waals surface area contributed by atoms with Crippen LogP contribution in [0.1, 0.15) is 33.6 Å². The summed E-state index contributed by atoms with van der Waals surface area (Å²) in [6.07, 6.45) is 1.35. The number of hydrogen-bond acceptors (Lipinski definition) is 2. The molecule has 2 nitrogen and oxygen atoms in total. The lowest BCUT2D eigenvalue weighted by molar-refractivity contribution is -0.233. The van der Waals surface area contributed by atoms with Crippen molar-refractivity contribution < 1.29 is 10.2 Å². The van der Waals surface area contributed by atoms with Crippen LogP contribution in [-0.4, -0.2) is 21.9 Å².